The van der Waals surface area contributed by atoms with Crippen LogP contribution in [0.25, 0.3) is 10.8 Å². The van der Waals surface area contributed by atoms with E-state index in [1.807, 2.05) is 54.6 Å². The van der Waals surface area contributed by atoms with Crippen LogP contribution in [0.2, 0.25) is 0 Å². The summed E-state index contributed by atoms with van der Waals surface area (Å²) in [6.45, 7) is 0. The first kappa shape index (κ1) is 13.8. The van der Waals surface area contributed by atoms with Crippen molar-refractivity contribution in [2.45, 2.75) is 18.6 Å². The molecule has 3 aromatic rings. The lowest BCUT2D eigenvalue weighted by Crippen LogP contribution is -2.28. The van der Waals surface area contributed by atoms with Gasteiger partial charge in [0, 0.05) is 6.42 Å². The number of fused-ring (bicyclic) bond motifs is 1. The molecule has 3 rings (SSSR count). The summed E-state index contributed by atoms with van der Waals surface area (Å²) in [7, 11) is 0. The van der Waals surface area contributed by atoms with Crippen LogP contribution in [0.1, 0.15) is 17.2 Å². The molecular formula is C19H19NO. The van der Waals surface area contributed by atoms with Crippen molar-refractivity contribution in [3.63, 3.8) is 0 Å². The van der Waals surface area contributed by atoms with Crippen LogP contribution in [0, 0.1) is 0 Å². The molecule has 2 heteroatoms. The highest BCUT2D eigenvalue weighted by molar-refractivity contribution is 5.86. The van der Waals surface area contributed by atoms with Gasteiger partial charge in [0.05, 0.1) is 12.1 Å². The van der Waals surface area contributed by atoms with E-state index in [4.69, 9.17) is 5.73 Å². The number of aliphatic hydroxyl groups is 1. The Balaban J connectivity index is 1.88. The summed E-state index contributed by atoms with van der Waals surface area (Å²) in [5.74, 6) is 0. The second-order valence-corrected chi connectivity index (χ2v) is 5.35. The van der Waals surface area contributed by atoms with Gasteiger partial charge in [0.2, 0.25) is 0 Å². The lowest BCUT2D eigenvalue weighted by Gasteiger charge is -2.21. The van der Waals surface area contributed by atoms with Crippen LogP contribution >= 0.6 is 0 Å². The third-order valence-electron chi connectivity index (χ3n) is 3.88. The molecule has 0 bridgehead atoms. The topological polar surface area (TPSA) is 46.2 Å². The van der Waals surface area contributed by atoms with Crippen LogP contribution < -0.4 is 5.73 Å². The minimum atomic E-state index is -0.599. The standard InChI is InChI=1S/C19H19NO/c20-19(18(21)13-14-7-2-1-3-8-14)17-12-6-10-15-9-4-5-11-16(15)17/h1-12,18-19,21H,13,20H2/t18-,19+/m0/s1. The molecule has 0 radical (unpaired) electrons. The Morgan fingerprint density at radius 2 is 1.48 bits per heavy atom. The Kier molecular flexibility index (Phi) is 4.00. The van der Waals surface area contributed by atoms with E-state index < -0.39 is 12.1 Å². The van der Waals surface area contributed by atoms with Crippen molar-refractivity contribution in [2.75, 3.05) is 0 Å². The van der Waals surface area contributed by atoms with Gasteiger partial charge in [-0.25, -0.2) is 0 Å². The van der Waals surface area contributed by atoms with Crippen molar-refractivity contribution in [3.05, 3.63) is 83.9 Å². The zero-order chi connectivity index (χ0) is 14.7. The Morgan fingerprint density at radius 1 is 0.810 bits per heavy atom. The van der Waals surface area contributed by atoms with Gasteiger partial charge in [-0.2, -0.15) is 0 Å². The number of hydrogen-bond acceptors (Lipinski definition) is 2. The Hall–Kier alpha value is -2.16. The zero-order valence-corrected chi connectivity index (χ0v) is 11.8. The van der Waals surface area contributed by atoms with Crippen molar-refractivity contribution in [2.24, 2.45) is 5.73 Å². The van der Waals surface area contributed by atoms with Crippen molar-refractivity contribution in [1.82, 2.24) is 0 Å². The molecule has 0 unspecified atom stereocenters. The van der Waals surface area contributed by atoms with Crippen LogP contribution in [0.4, 0.5) is 0 Å². The van der Waals surface area contributed by atoms with E-state index in [1.165, 1.54) is 0 Å². The van der Waals surface area contributed by atoms with Crippen LogP contribution in [0.5, 0.6) is 0 Å². The molecule has 21 heavy (non-hydrogen) atoms. The van der Waals surface area contributed by atoms with Crippen molar-refractivity contribution in [3.8, 4) is 0 Å². The van der Waals surface area contributed by atoms with Crippen LogP contribution in [0.15, 0.2) is 72.8 Å². The Bertz CT molecular complexity index is 718. The fourth-order valence-electron chi connectivity index (χ4n) is 2.73. The molecule has 0 aliphatic carbocycles. The Labute approximate surface area is 124 Å². The van der Waals surface area contributed by atoms with Gasteiger partial charge in [-0.15, -0.1) is 0 Å². The molecule has 0 spiro atoms. The maximum Gasteiger partial charge on any atom is 0.0773 e. The van der Waals surface area contributed by atoms with Gasteiger partial charge in [0.1, 0.15) is 0 Å². The molecule has 0 saturated carbocycles. The summed E-state index contributed by atoms with van der Waals surface area (Å²) in [6, 6.07) is 23.8. The molecular weight excluding hydrogens is 258 g/mol. The van der Waals surface area contributed by atoms with Crippen molar-refractivity contribution >= 4 is 10.8 Å². The normalized spacial score (nSPS) is 14.0. The summed E-state index contributed by atoms with van der Waals surface area (Å²) < 4.78 is 0. The summed E-state index contributed by atoms with van der Waals surface area (Å²) in [6.07, 6.45) is -0.0381. The van der Waals surface area contributed by atoms with Crippen LogP contribution in [-0.2, 0) is 6.42 Å². The molecule has 0 aliphatic heterocycles. The van der Waals surface area contributed by atoms with Gasteiger partial charge in [0.25, 0.3) is 0 Å². The summed E-state index contributed by atoms with van der Waals surface area (Å²) >= 11 is 0. The maximum absolute atomic E-state index is 10.5. The average Bonchev–Trinajstić information content (AvgIpc) is 2.54. The molecule has 3 aromatic carbocycles. The second kappa shape index (κ2) is 6.08. The van der Waals surface area contributed by atoms with Gasteiger partial charge in [0.15, 0.2) is 0 Å². The fraction of sp³-hybridized carbons (Fsp3) is 0.158. The molecule has 0 aromatic heterocycles. The first-order valence-electron chi connectivity index (χ1n) is 7.21. The second-order valence-electron chi connectivity index (χ2n) is 5.35. The largest absolute Gasteiger partial charge is 0.391 e. The summed E-state index contributed by atoms with van der Waals surface area (Å²) in [5, 5.41) is 12.7. The third kappa shape index (κ3) is 2.97. The predicted octanol–water partition coefficient (Wildman–Crippen LogP) is 3.44. The molecule has 0 saturated heterocycles. The van der Waals surface area contributed by atoms with Gasteiger partial charge in [-0.1, -0.05) is 72.8 Å². The first-order valence-corrected chi connectivity index (χ1v) is 7.21. The third-order valence-corrected chi connectivity index (χ3v) is 3.88. The molecule has 0 heterocycles. The highest BCUT2D eigenvalue weighted by Crippen LogP contribution is 2.26. The SMILES string of the molecule is N[C@H](c1cccc2ccccc12)[C@@H](O)Cc1ccccc1. The lowest BCUT2D eigenvalue weighted by molar-refractivity contribution is 0.145. The fourth-order valence-corrected chi connectivity index (χ4v) is 2.73. The number of aliphatic hydroxyl groups excluding tert-OH is 1. The minimum absolute atomic E-state index is 0.392. The van der Waals surface area contributed by atoms with E-state index in [0.29, 0.717) is 6.42 Å². The van der Waals surface area contributed by atoms with E-state index in [9.17, 15) is 5.11 Å². The quantitative estimate of drug-likeness (QED) is 0.767. The maximum atomic E-state index is 10.5. The van der Waals surface area contributed by atoms with Gasteiger partial charge >= 0.3 is 0 Å². The number of nitrogens with two attached hydrogens (primary N) is 1. The monoisotopic (exact) mass is 277 g/mol. The van der Waals surface area contributed by atoms with Gasteiger partial charge in [-0.3, -0.25) is 0 Å². The number of rotatable bonds is 4. The lowest BCUT2D eigenvalue weighted by atomic mass is 9.93. The Morgan fingerprint density at radius 3 is 2.29 bits per heavy atom. The molecule has 0 aliphatic rings. The minimum Gasteiger partial charge on any atom is -0.391 e. The van der Waals surface area contributed by atoms with Crippen LogP contribution in [0.3, 0.4) is 0 Å². The van der Waals surface area contributed by atoms with Crippen molar-refractivity contribution < 1.29 is 5.11 Å². The highest BCUT2D eigenvalue weighted by atomic mass is 16.3. The van der Waals surface area contributed by atoms with E-state index in [1.54, 1.807) is 0 Å². The van der Waals surface area contributed by atoms with E-state index in [2.05, 4.69) is 18.2 Å². The molecule has 2 nitrogen and oxygen atoms in total. The van der Waals surface area contributed by atoms with Crippen molar-refractivity contribution in [1.29, 1.82) is 0 Å². The smallest absolute Gasteiger partial charge is 0.0773 e. The van der Waals surface area contributed by atoms with Gasteiger partial charge in [-0.05, 0) is 21.9 Å². The van der Waals surface area contributed by atoms with E-state index >= 15 is 0 Å². The molecule has 0 fully saturated rings. The summed E-state index contributed by atoms with van der Waals surface area (Å²) in [4.78, 5) is 0. The highest BCUT2D eigenvalue weighted by Gasteiger charge is 2.19. The summed E-state index contributed by atoms with van der Waals surface area (Å²) in [5.41, 5.74) is 8.40. The predicted molar refractivity (Wildman–Crippen MR) is 87.0 cm³/mol. The van der Waals surface area contributed by atoms with E-state index in [0.717, 1.165) is 21.9 Å². The molecule has 106 valence electrons. The molecule has 3 N–H and O–H groups in total. The number of benzene rings is 3. The first-order chi connectivity index (χ1) is 10.3. The molecule has 0 amide bonds. The average molecular weight is 277 g/mol. The number of hydrogen-bond donors (Lipinski definition) is 2. The van der Waals surface area contributed by atoms with E-state index in [-0.39, 0.29) is 0 Å². The molecule has 2 atom stereocenters. The van der Waals surface area contributed by atoms with Gasteiger partial charge < -0.3 is 10.8 Å². The zero-order valence-electron chi connectivity index (χ0n) is 11.8. The van der Waals surface area contributed by atoms with Crippen LogP contribution in [-0.4, -0.2) is 11.2 Å².